The number of nitrogens with one attached hydrogen (secondary N) is 1. The molecule has 0 radical (unpaired) electrons. The van der Waals surface area contributed by atoms with Gasteiger partial charge in [0.1, 0.15) is 5.75 Å². The number of carbonyl (C=O) groups is 1. The molecule has 0 aliphatic heterocycles. The van der Waals surface area contributed by atoms with Crippen molar-refractivity contribution in [3.8, 4) is 5.75 Å². The van der Waals surface area contributed by atoms with E-state index in [0.717, 1.165) is 6.42 Å². The number of aromatic nitrogens is 3. The van der Waals surface area contributed by atoms with Gasteiger partial charge < -0.3 is 19.5 Å². The van der Waals surface area contributed by atoms with E-state index in [2.05, 4.69) is 15.6 Å². The van der Waals surface area contributed by atoms with Crippen LogP contribution in [0, 0.1) is 0 Å². The molecule has 1 aromatic carbocycles. The van der Waals surface area contributed by atoms with Gasteiger partial charge in [-0.3, -0.25) is 4.79 Å². The zero-order chi connectivity index (χ0) is 18.8. The van der Waals surface area contributed by atoms with Gasteiger partial charge in [-0.25, -0.2) is 4.68 Å². The largest absolute Gasteiger partial charge is 0.494 e. The van der Waals surface area contributed by atoms with Crippen LogP contribution in [0.1, 0.15) is 37.7 Å². The Bertz CT molecular complexity index is 683. The maximum Gasteiger partial charge on any atom is 0.277 e. The minimum atomic E-state index is -0.421. The predicted molar refractivity (Wildman–Crippen MR) is 97.2 cm³/mol. The lowest BCUT2D eigenvalue weighted by Crippen LogP contribution is -2.24. The van der Waals surface area contributed by atoms with Crippen LogP contribution in [0.4, 0.5) is 5.69 Å². The Hall–Kier alpha value is -2.45. The van der Waals surface area contributed by atoms with Crippen LogP contribution in [0.2, 0.25) is 0 Å². The fraction of sp³-hybridized carbons (Fsp3) is 0.500. The minimum Gasteiger partial charge on any atom is -0.494 e. The summed E-state index contributed by atoms with van der Waals surface area (Å²) >= 11 is 0. The SMILES string of the molecule is CCCOc1cccc(NC(=O)c2cn(CC(OCC)OCC)nn2)c1. The number of hydrogen-bond acceptors (Lipinski definition) is 6. The molecule has 0 atom stereocenters. The van der Waals surface area contributed by atoms with Gasteiger partial charge in [-0.2, -0.15) is 0 Å². The Morgan fingerprint density at radius 1 is 1.23 bits per heavy atom. The highest BCUT2D eigenvalue weighted by Crippen LogP contribution is 2.18. The summed E-state index contributed by atoms with van der Waals surface area (Å²) < 4.78 is 18.0. The van der Waals surface area contributed by atoms with Crippen molar-refractivity contribution in [1.82, 2.24) is 15.0 Å². The standard InChI is InChI=1S/C18H26N4O4/c1-4-10-26-15-9-7-8-14(11-15)19-18(23)16-12-22(21-20-16)13-17(24-5-2)25-6-3/h7-9,11-12,17H,4-6,10,13H2,1-3H3,(H,19,23). The van der Waals surface area contributed by atoms with Crippen molar-refractivity contribution in [3.63, 3.8) is 0 Å². The molecule has 142 valence electrons. The van der Waals surface area contributed by atoms with E-state index in [4.69, 9.17) is 14.2 Å². The quantitative estimate of drug-likeness (QED) is 0.619. The highest BCUT2D eigenvalue weighted by Gasteiger charge is 2.15. The van der Waals surface area contributed by atoms with Gasteiger partial charge in [0.05, 0.1) is 19.3 Å². The lowest BCUT2D eigenvalue weighted by molar-refractivity contribution is -0.145. The van der Waals surface area contributed by atoms with Crippen LogP contribution in [0.25, 0.3) is 0 Å². The normalized spacial score (nSPS) is 10.9. The summed E-state index contributed by atoms with van der Waals surface area (Å²) in [5.41, 5.74) is 0.858. The molecular formula is C18H26N4O4. The molecule has 0 bridgehead atoms. The second-order valence-electron chi connectivity index (χ2n) is 5.50. The molecule has 0 spiro atoms. The van der Waals surface area contributed by atoms with Gasteiger partial charge in [0.2, 0.25) is 0 Å². The predicted octanol–water partition coefficient (Wildman–Crippen LogP) is 2.72. The van der Waals surface area contributed by atoms with E-state index in [0.29, 0.717) is 37.8 Å². The third-order valence-corrected chi connectivity index (χ3v) is 3.38. The van der Waals surface area contributed by atoms with Gasteiger partial charge >= 0.3 is 0 Å². The molecule has 0 saturated heterocycles. The Morgan fingerprint density at radius 3 is 2.69 bits per heavy atom. The molecule has 1 aromatic heterocycles. The van der Waals surface area contributed by atoms with E-state index in [1.165, 1.54) is 4.68 Å². The van der Waals surface area contributed by atoms with Crippen LogP contribution >= 0.6 is 0 Å². The molecule has 0 saturated carbocycles. The lowest BCUT2D eigenvalue weighted by atomic mass is 10.3. The van der Waals surface area contributed by atoms with E-state index >= 15 is 0 Å². The average Bonchev–Trinajstić information content (AvgIpc) is 3.09. The Kier molecular flexibility index (Phi) is 8.04. The van der Waals surface area contributed by atoms with Gasteiger partial charge in [-0.05, 0) is 32.4 Å². The number of amides is 1. The molecule has 1 N–H and O–H groups in total. The van der Waals surface area contributed by atoms with Crippen LogP contribution in [0.15, 0.2) is 30.5 Å². The molecule has 0 aliphatic carbocycles. The maximum absolute atomic E-state index is 12.4. The summed E-state index contributed by atoms with van der Waals surface area (Å²) in [7, 11) is 0. The second-order valence-corrected chi connectivity index (χ2v) is 5.50. The molecule has 2 rings (SSSR count). The van der Waals surface area contributed by atoms with E-state index in [-0.39, 0.29) is 11.6 Å². The lowest BCUT2D eigenvalue weighted by Gasteiger charge is -2.16. The number of ether oxygens (including phenoxy) is 3. The third kappa shape index (κ3) is 6.12. The van der Waals surface area contributed by atoms with E-state index in [1.54, 1.807) is 18.3 Å². The number of rotatable bonds is 11. The van der Waals surface area contributed by atoms with Gasteiger partial charge in [0.25, 0.3) is 5.91 Å². The van der Waals surface area contributed by atoms with Crippen molar-refractivity contribution in [2.75, 3.05) is 25.1 Å². The maximum atomic E-state index is 12.4. The third-order valence-electron chi connectivity index (χ3n) is 3.38. The molecule has 0 fully saturated rings. The second kappa shape index (κ2) is 10.5. The molecule has 8 nitrogen and oxygen atoms in total. The number of carbonyl (C=O) groups excluding carboxylic acids is 1. The zero-order valence-corrected chi connectivity index (χ0v) is 15.5. The fourth-order valence-electron chi connectivity index (χ4n) is 2.25. The van der Waals surface area contributed by atoms with Gasteiger partial charge in [-0.1, -0.05) is 18.2 Å². The fourth-order valence-corrected chi connectivity index (χ4v) is 2.25. The minimum absolute atomic E-state index is 0.219. The number of benzene rings is 1. The van der Waals surface area contributed by atoms with Crippen LogP contribution in [0.5, 0.6) is 5.75 Å². The summed E-state index contributed by atoms with van der Waals surface area (Å²) in [6.45, 7) is 7.88. The summed E-state index contributed by atoms with van der Waals surface area (Å²) in [6.07, 6.45) is 2.07. The molecule has 0 unspecified atom stereocenters. The van der Waals surface area contributed by atoms with Crippen molar-refractivity contribution in [2.24, 2.45) is 0 Å². The Morgan fingerprint density at radius 2 is 2.00 bits per heavy atom. The van der Waals surface area contributed by atoms with Crippen molar-refractivity contribution in [2.45, 2.75) is 40.0 Å². The first-order valence-corrected chi connectivity index (χ1v) is 8.83. The van der Waals surface area contributed by atoms with Crippen LogP contribution in [-0.4, -0.2) is 47.0 Å². The first-order valence-electron chi connectivity index (χ1n) is 8.83. The molecule has 26 heavy (non-hydrogen) atoms. The van der Waals surface area contributed by atoms with E-state index in [9.17, 15) is 4.79 Å². The van der Waals surface area contributed by atoms with Crippen molar-refractivity contribution < 1.29 is 19.0 Å². The zero-order valence-electron chi connectivity index (χ0n) is 15.5. The molecule has 8 heteroatoms. The van der Waals surface area contributed by atoms with E-state index < -0.39 is 6.29 Å². The topological polar surface area (TPSA) is 87.5 Å². The average molecular weight is 362 g/mol. The number of nitrogens with zero attached hydrogens (tertiary/aromatic N) is 3. The van der Waals surface area contributed by atoms with Gasteiger partial charge in [0.15, 0.2) is 12.0 Å². The highest BCUT2D eigenvalue weighted by atomic mass is 16.7. The van der Waals surface area contributed by atoms with Crippen LogP contribution in [0.3, 0.4) is 0 Å². The smallest absolute Gasteiger partial charge is 0.277 e. The Balaban J connectivity index is 1.97. The number of hydrogen-bond donors (Lipinski definition) is 1. The van der Waals surface area contributed by atoms with E-state index in [1.807, 2.05) is 32.9 Å². The first kappa shape index (κ1) is 19.9. The molecule has 1 amide bonds. The Labute approximate surface area is 153 Å². The monoisotopic (exact) mass is 362 g/mol. The van der Waals surface area contributed by atoms with Crippen molar-refractivity contribution in [1.29, 1.82) is 0 Å². The summed E-state index contributed by atoms with van der Waals surface area (Å²) in [4.78, 5) is 12.4. The highest BCUT2D eigenvalue weighted by molar-refractivity contribution is 6.02. The van der Waals surface area contributed by atoms with Gasteiger partial charge in [-0.15, -0.1) is 5.10 Å². The van der Waals surface area contributed by atoms with Crippen molar-refractivity contribution >= 4 is 11.6 Å². The molecule has 1 heterocycles. The summed E-state index contributed by atoms with van der Waals surface area (Å²) in [5.74, 6) is 0.373. The first-order chi connectivity index (χ1) is 12.7. The van der Waals surface area contributed by atoms with Crippen LogP contribution < -0.4 is 10.1 Å². The summed E-state index contributed by atoms with van der Waals surface area (Å²) in [5, 5.41) is 10.7. The van der Waals surface area contributed by atoms with Crippen molar-refractivity contribution in [3.05, 3.63) is 36.2 Å². The number of anilines is 1. The molecule has 2 aromatic rings. The van der Waals surface area contributed by atoms with Crippen LogP contribution in [-0.2, 0) is 16.0 Å². The van der Waals surface area contributed by atoms with Gasteiger partial charge in [0, 0.05) is 25.0 Å². The summed E-state index contributed by atoms with van der Waals surface area (Å²) in [6, 6.07) is 7.24. The molecule has 0 aliphatic rings. The molecular weight excluding hydrogens is 336 g/mol.